The second-order valence-corrected chi connectivity index (χ2v) is 6.03. The summed E-state index contributed by atoms with van der Waals surface area (Å²) in [6.45, 7) is -0.124. The standard InChI is InChI=1S/C17H20N2O5S/c1-22-13-7-11(8-14(23-2)17(13)24-3)19-16(21)10-18-15(20)9-12-5-4-6-25-12/h4-8H,9-10H2,1-3H3,(H,18,20)(H,19,21). The maximum atomic E-state index is 12.0. The van der Waals surface area contributed by atoms with Gasteiger partial charge in [-0.1, -0.05) is 6.07 Å². The van der Waals surface area contributed by atoms with Crippen molar-refractivity contribution in [1.82, 2.24) is 5.32 Å². The van der Waals surface area contributed by atoms with Gasteiger partial charge in [-0.25, -0.2) is 0 Å². The summed E-state index contributed by atoms with van der Waals surface area (Å²) in [6, 6.07) is 6.99. The fourth-order valence-electron chi connectivity index (χ4n) is 2.17. The SMILES string of the molecule is COc1cc(NC(=O)CNC(=O)Cc2cccs2)cc(OC)c1OC. The Kier molecular flexibility index (Phi) is 6.64. The topological polar surface area (TPSA) is 85.9 Å². The largest absolute Gasteiger partial charge is 0.493 e. The third kappa shape index (κ3) is 5.12. The van der Waals surface area contributed by atoms with Gasteiger partial charge in [0.25, 0.3) is 0 Å². The maximum absolute atomic E-state index is 12.0. The molecule has 1 heterocycles. The highest BCUT2D eigenvalue weighted by molar-refractivity contribution is 7.10. The van der Waals surface area contributed by atoms with Gasteiger partial charge in [0.15, 0.2) is 11.5 Å². The second-order valence-electron chi connectivity index (χ2n) is 5.00. The molecule has 2 N–H and O–H groups in total. The number of thiophene rings is 1. The third-order valence-electron chi connectivity index (χ3n) is 3.31. The lowest BCUT2D eigenvalue weighted by Crippen LogP contribution is -2.33. The van der Waals surface area contributed by atoms with E-state index in [2.05, 4.69) is 10.6 Å². The van der Waals surface area contributed by atoms with E-state index in [4.69, 9.17) is 14.2 Å². The molecule has 0 aliphatic rings. The van der Waals surface area contributed by atoms with E-state index in [1.165, 1.54) is 32.7 Å². The molecule has 134 valence electrons. The Morgan fingerprint density at radius 3 is 2.24 bits per heavy atom. The summed E-state index contributed by atoms with van der Waals surface area (Å²) < 4.78 is 15.7. The number of benzene rings is 1. The van der Waals surface area contributed by atoms with Gasteiger partial charge in [0.2, 0.25) is 17.6 Å². The fourth-order valence-corrected chi connectivity index (χ4v) is 2.87. The van der Waals surface area contributed by atoms with Crippen LogP contribution in [-0.2, 0) is 16.0 Å². The Bertz CT molecular complexity index is 706. The van der Waals surface area contributed by atoms with E-state index in [-0.39, 0.29) is 24.8 Å². The van der Waals surface area contributed by atoms with E-state index in [1.54, 1.807) is 12.1 Å². The van der Waals surface area contributed by atoms with Crippen molar-refractivity contribution in [2.45, 2.75) is 6.42 Å². The predicted octanol–water partition coefficient (Wildman–Crippen LogP) is 2.07. The van der Waals surface area contributed by atoms with E-state index >= 15 is 0 Å². The number of carbonyl (C=O) groups is 2. The first-order chi connectivity index (χ1) is 12.1. The number of amides is 2. The number of ether oxygens (including phenoxy) is 3. The van der Waals surface area contributed by atoms with E-state index in [0.717, 1.165) is 4.88 Å². The summed E-state index contributed by atoms with van der Waals surface area (Å²) >= 11 is 1.50. The molecule has 0 unspecified atom stereocenters. The Morgan fingerprint density at radius 2 is 1.72 bits per heavy atom. The molecule has 1 aromatic carbocycles. The van der Waals surface area contributed by atoms with Crippen LogP contribution in [0.4, 0.5) is 5.69 Å². The molecule has 7 nitrogen and oxygen atoms in total. The molecule has 0 saturated carbocycles. The van der Waals surface area contributed by atoms with Gasteiger partial charge in [0.05, 0.1) is 34.3 Å². The van der Waals surface area contributed by atoms with Gasteiger partial charge in [-0.2, -0.15) is 0 Å². The zero-order valence-corrected chi connectivity index (χ0v) is 15.1. The first-order valence-electron chi connectivity index (χ1n) is 7.46. The molecular weight excluding hydrogens is 344 g/mol. The van der Waals surface area contributed by atoms with Gasteiger partial charge in [0.1, 0.15) is 0 Å². The fraction of sp³-hybridized carbons (Fsp3) is 0.294. The molecule has 0 aliphatic heterocycles. The highest BCUT2D eigenvalue weighted by Crippen LogP contribution is 2.39. The molecule has 2 amide bonds. The maximum Gasteiger partial charge on any atom is 0.243 e. The van der Waals surface area contributed by atoms with Crippen molar-refractivity contribution >= 4 is 28.8 Å². The average molecular weight is 364 g/mol. The molecule has 1 aromatic heterocycles. The number of nitrogens with one attached hydrogen (secondary N) is 2. The van der Waals surface area contributed by atoms with Gasteiger partial charge in [0, 0.05) is 22.7 Å². The summed E-state index contributed by atoms with van der Waals surface area (Å²) in [7, 11) is 4.49. The minimum absolute atomic E-state index is 0.124. The third-order valence-corrected chi connectivity index (χ3v) is 4.19. The summed E-state index contributed by atoms with van der Waals surface area (Å²) in [4.78, 5) is 24.8. The second kappa shape index (κ2) is 8.93. The van der Waals surface area contributed by atoms with Crippen LogP contribution < -0.4 is 24.8 Å². The van der Waals surface area contributed by atoms with Crippen molar-refractivity contribution < 1.29 is 23.8 Å². The van der Waals surface area contributed by atoms with E-state index in [9.17, 15) is 9.59 Å². The molecule has 0 spiro atoms. The van der Waals surface area contributed by atoms with Crippen LogP contribution in [0.15, 0.2) is 29.6 Å². The number of methoxy groups -OCH3 is 3. The van der Waals surface area contributed by atoms with Gasteiger partial charge >= 0.3 is 0 Å². The molecule has 0 saturated heterocycles. The molecule has 0 fully saturated rings. The molecule has 25 heavy (non-hydrogen) atoms. The number of anilines is 1. The summed E-state index contributed by atoms with van der Waals surface area (Å²) in [5.41, 5.74) is 0.479. The predicted molar refractivity (Wildman–Crippen MR) is 95.8 cm³/mol. The van der Waals surface area contributed by atoms with Gasteiger partial charge in [-0.15, -0.1) is 11.3 Å². The van der Waals surface area contributed by atoms with Gasteiger partial charge in [-0.3, -0.25) is 9.59 Å². The van der Waals surface area contributed by atoms with Crippen molar-refractivity contribution in [3.8, 4) is 17.2 Å². The smallest absolute Gasteiger partial charge is 0.243 e. The van der Waals surface area contributed by atoms with Crippen molar-refractivity contribution in [2.75, 3.05) is 33.2 Å². The van der Waals surface area contributed by atoms with Gasteiger partial charge in [-0.05, 0) is 11.4 Å². The zero-order chi connectivity index (χ0) is 18.2. The highest BCUT2D eigenvalue weighted by Gasteiger charge is 2.15. The van der Waals surface area contributed by atoms with Crippen molar-refractivity contribution in [1.29, 1.82) is 0 Å². The van der Waals surface area contributed by atoms with Crippen LogP contribution in [-0.4, -0.2) is 39.7 Å². The molecule has 0 aliphatic carbocycles. The minimum atomic E-state index is -0.353. The molecular formula is C17H20N2O5S. The highest BCUT2D eigenvalue weighted by atomic mass is 32.1. The van der Waals surface area contributed by atoms with Crippen LogP contribution in [0.5, 0.6) is 17.2 Å². The van der Waals surface area contributed by atoms with Crippen LogP contribution in [0.2, 0.25) is 0 Å². The quantitative estimate of drug-likeness (QED) is 0.749. The Morgan fingerprint density at radius 1 is 1.04 bits per heavy atom. The monoisotopic (exact) mass is 364 g/mol. The zero-order valence-electron chi connectivity index (χ0n) is 14.3. The van der Waals surface area contributed by atoms with Crippen molar-refractivity contribution in [3.63, 3.8) is 0 Å². The lowest BCUT2D eigenvalue weighted by atomic mass is 10.2. The average Bonchev–Trinajstić information content (AvgIpc) is 3.11. The van der Waals surface area contributed by atoms with E-state index in [0.29, 0.717) is 22.9 Å². The van der Waals surface area contributed by atoms with Gasteiger partial charge < -0.3 is 24.8 Å². The molecule has 2 aromatic rings. The number of rotatable bonds is 8. The summed E-state index contributed by atoms with van der Waals surface area (Å²) in [6.07, 6.45) is 0.259. The Labute approximate surface area is 149 Å². The van der Waals surface area contributed by atoms with Crippen LogP contribution in [0.25, 0.3) is 0 Å². The minimum Gasteiger partial charge on any atom is -0.493 e. The molecule has 0 bridgehead atoms. The summed E-state index contributed by atoms with van der Waals surface area (Å²) in [5, 5.41) is 7.18. The van der Waals surface area contributed by atoms with Crippen molar-refractivity contribution in [2.24, 2.45) is 0 Å². The van der Waals surface area contributed by atoms with E-state index in [1.807, 2.05) is 17.5 Å². The first-order valence-corrected chi connectivity index (χ1v) is 8.34. The number of hydrogen-bond donors (Lipinski definition) is 2. The van der Waals surface area contributed by atoms with Crippen molar-refractivity contribution in [3.05, 3.63) is 34.5 Å². The molecule has 2 rings (SSSR count). The number of carbonyl (C=O) groups excluding carboxylic acids is 2. The van der Waals surface area contributed by atoms with Crippen LogP contribution in [0.3, 0.4) is 0 Å². The Balaban J connectivity index is 1.94. The lowest BCUT2D eigenvalue weighted by molar-refractivity contribution is -0.123. The Hall–Kier alpha value is -2.74. The van der Waals surface area contributed by atoms with Crippen LogP contribution >= 0.6 is 11.3 Å². The number of hydrogen-bond acceptors (Lipinski definition) is 6. The summed E-state index contributed by atoms with van der Waals surface area (Å²) in [5.74, 6) is 0.737. The normalized spacial score (nSPS) is 10.0. The lowest BCUT2D eigenvalue weighted by Gasteiger charge is -2.14. The van der Waals surface area contributed by atoms with Crippen LogP contribution in [0, 0.1) is 0 Å². The molecule has 8 heteroatoms. The molecule has 0 radical (unpaired) electrons. The first kappa shape index (κ1) is 18.6. The van der Waals surface area contributed by atoms with E-state index < -0.39 is 0 Å². The van der Waals surface area contributed by atoms with Crippen LogP contribution in [0.1, 0.15) is 4.88 Å². The molecule has 0 atom stereocenters.